The first kappa shape index (κ1) is 10.4. The molecule has 2 rings (SSSR count). The molecular formula is C12H25N2+. The van der Waals surface area contributed by atoms with Crippen LogP contribution in [0, 0.1) is 0 Å². The summed E-state index contributed by atoms with van der Waals surface area (Å²) in [5.41, 5.74) is 0.415. The summed E-state index contributed by atoms with van der Waals surface area (Å²) in [7, 11) is 0. The molecule has 0 radical (unpaired) electrons. The second-order valence-corrected chi connectivity index (χ2v) is 6.17. The highest BCUT2D eigenvalue weighted by atomic mass is 15.5. The maximum absolute atomic E-state index is 2.69. The van der Waals surface area contributed by atoms with Crippen LogP contribution >= 0.6 is 0 Å². The Hall–Kier alpha value is -0.0800. The van der Waals surface area contributed by atoms with Gasteiger partial charge in [0, 0.05) is 18.9 Å². The van der Waals surface area contributed by atoms with Crippen LogP contribution in [0.1, 0.15) is 40.5 Å². The third kappa shape index (κ3) is 1.59. The van der Waals surface area contributed by atoms with Crippen LogP contribution in [0.2, 0.25) is 0 Å². The monoisotopic (exact) mass is 197 g/mol. The predicted molar refractivity (Wildman–Crippen MR) is 60.0 cm³/mol. The van der Waals surface area contributed by atoms with Crippen molar-refractivity contribution in [3.63, 3.8) is 0 Å². The molecule has 0 unspecified atom stereocenters. The van der Waals surface area contributed by atoms with Crippen LogP contribution in [-0.4, -0.2) is 47.3 Å². The van der Waals surface area contributed by atoms with Gasteiger partial charge in [-0.05, 0) is 27.7 Å². The van der Waals surface area contributed by atoms with E-state index in [1.807, 2.05) is 0 Å². The first-order chi connectivity index (χ1) is 6.45. The molecule has 0 bridgehead atoms. The van der Waals surface area contributed by atoms with E-state index in [2.05, 4.69) is 32.6 Å². The summed E-state index contributed by atoms with van der Waals surface area (Å²) in [5, 5.41) is 0. The summed E-state index contributed by atoms with van der Waals surface area (Å²) >= 11 is 0. The van der Waals surface area contributed by atoms with Gasteiger partial charge in [0.05, 0.1) is 25.2 Å². The summed E-state index contributed by atoms with van der Waals surface area (Å²) in [5.74, 6) is 0. The van der Waals surface area contributed by atoms with Crippen molar-refractivity contribution in [1.29, 1.82) is 0 Å². The van der Waals surface area contributed by atoms with E-state index in [1.165, 1.54) is 43.6 Å². The minimum absolute atomic E-state index is 0.415. The van der Waals surface area contributed by atoms with E-state index < -0.39 is 0 Å². The van der Waals surface area contributed by atoms with Gasteiger partial charge in [-0.3, -0.25) is 0 Å². The van der Waals surface area contributed by atoms with Gasteiger partial charge >= 0.3 is 0 Å². The van der Waals surface area contributed by atoms with Gasteiger partial charge in [-0.25, -0.2) is 4.90 Å². The Morgan fingerprint density at radius 2 is 1.71 bits per heavy atom. The molecule has 2 aliphatic rings. The lowest BCUT2D eigenvalue weighted by molar-refractivity contribution is -0.910. The zero-order valence-electron chi connectivity index (χ0n) is 10.2. The Morgan fingerprint density at radius 1 is 1.14 bits per heavy atom. The van der Waals surface area contributed by atoms with Crippen molar-refractivity contribution in [3.8, 4) is 0 Å². The van der Waals surface area contributed by atoms with E-state index in [9.17, 15) is 0 Å². The molecular weight excluding hydrogens is 172 g/mol. The normalized spacial score (nSPS) is 30.6. The van der Waals surface area contributed by atoms with Crippen molar-refractivity contribution >= 4 is 0 Å². The molecule has 0 saturated carbocycles. The van der Waals surface area contributed by atoms with Crippen molar-refractivity contribution in [1.82, 2.24) is 4.90 Å². The average Bonchev–Trinajstić information content (AvgIpc) is 2.57. The average molecular weight is 197 g/mol. The summed E-state index contributed by atoms with van der Waals surface area (Å²) in [6, 6.07) is 0.697. The Kier molecular flexibility index (Phi) is 2.39. The fourth-order valence-corrected chi connectivity index (χ4v) is 3.64. The van der Waals surface area contributed by atoms with Gasteiger partial charge in [-0.2, -0.15) is 0 Å². The molecule has 0 aromatic heterocycles. The Labute approximate surface area is 88.5 Å². The highest BCUT2D eigenvalue weighted by Crippen LogP contribution is 2.35. The van der Waals surface area contributed by atoms with E-state index in [0.717, 1.165) is 0 Å². The minimum Gasteiger partial charge on any atom is -0.310 e. The van der Waals surface area contributed by atoms with E-state index in [0.29, 0.717) is 11.6 Å². The van der Waals surface area contributed by atoms with Crippen molar-refractivity contribution in [2.45, 2.75) is 52.1 Å². The van der Waals surface area contributed by atoms with Gasteiger partial charge < -0.3 is 4.48 Å². The molecule has 0 aromatic rings. The molecule has 2 fully saturated rings. The Bertz CT molecular complexity index is 214. The van der Waals surface area contributed by atoms with Crippen molar-refractivity contribution in [2.24, 2.45) is 0 Å². The first-order valence-electron chi connectivity index (χ1n) is 6.07. The number of nitrogens with zero attached hydrogens (tertiary/aromatic N) is 2. The second kappa shape index (κ2) is 3.21. The standard InChI is InChI=1S/C12H25N2/c1-11(2)13-10-14(7-5-6-8-14)9-12(13,3)4/h11H,5-10H2,1-4H3/q+1. The molecule has 2 nitrogen and oxygen atoms in total. The highest BCUT2D eigenvalue weighted by Gasteiger charge is 2.50. The molecule has 0 aliphatic carbocycles. The largest absolute Gasteiger partial charge is 0.310 e. The lowest BCUT2D eigenvalue weighted by Crippen LogP contribution is -2.45. The topological polar surface area (TPSA) is 3.24 Å². The van der Waals surface area contributed by atoms with Crippen LogP contribution in [0.4, 0.5) is 0 Å². The quantitative estimate of drug-likeness (QED) is 0.582. The number of hydrogen-bond donors (Lipinski definition) is 0. The zero-order chi connectivity index (χ0) is 10.4. The molecule has 1 spiro atoms. The van der Waals surface area contributed by atoms with E-state index in [-0.39, 0.29) is 0 Å². The van der Waals surface area contributed by atoms with Gasteiger partial charge in [0.25, 0.3) is 0 Å². The van der Waals surface area contributed by atoms with Crippen LogP contribution in [0.3, 0.4) is 0 Å². The molecule has 14 heavy (non-hydrogen) atoms. The number of quaternary nitrogens is 1. The predicted octanol–water partition coefficient (Wildman–Crippen LogP) is 2.06. The van der Waals surface area contributed by atoms with Gasteiger partial charge in [0.1, 0.15) is 6.67 Å². The number of rotatable bonds is 1. The Balaban J connectivity index is 2.15. The van der Waals surface area contributed by atoms with Gasteiger partial charge in [-0.15, -0.1) is 0 Å². The zero-order valence-corrected chi connectivity index (χ0v) is 10.2. The van der Waals surface area contributed by atoms with Gasteiger partial charge in [-0.1, -0.05) is 0 Å². The molecule has 2 heterocycles. The van der Waals surface area contributed by atoms with E-state index in [4.69, 9.17) is 0 Å². The summed E-state index contributed by atoms with van der Waals surface area (Å²) in [6.45, 7) is 15.0. The van der Waals surface area contributed by atoms with Gasteiger partial charge in [0.2, 0.25) is 0 Å². The van der Waals surface area contributed by atoms with Gasteiger partial charge in [0.15, 0.2) is 0 Å². The van der Waals surface area contributed by atoms with Crippen molar-refractivity contribution in [2.75, 3.05) is 26.3 Å². The third-order valence-electron chi connectivity index (χ3n) is 4.09. The molecule has 0 amide bonds. The fourth-order valence-electron chi connectivity index (χ4n) is 3.64. The van der Waals surface area contributed by atoms with Crippen molar-refractivity contribution in [3.05, 3.63) is 0 Å². The molecule has 2 aliphatic heterocycles. The number of hydrogen-bond acceptors (Lipinski definition) is 1. The molecule has 2 saturated heterocycles. The van der Waals surface area contributed by atoms with Crippen LogP contribution in [-0.2, 0) is 0 Å². The fraction of sp³-hybridized carbons (Fsp3) is 1.00. The third-order valence-corrected chi connectivity index (χ3v) is 4.09. The maximum Gasteiger partial charge on any atom is 0.136 e. The molecule has 2 heteroatoms. The molecule has 0 N–H and O–H groups in total. The molecule has 0 atom stereocenters. The van der Waals surface area contributed by atoms with E-state index in [1.54, 1.807) is 0 Å². The summed E-state index contributed by atoms with van der Waals surface area (Å²) in [4.78, 5) is 2.69. The molecule has 82 valence electrons. The SMILES string of the molecule is CC(C)N1C[N+]2(CCCC2)CC1(C)C. The lowest BCUT2D eigenvalue weighted by Gasteiger charge is -2.30. The molecule has 0 aromatic carbocycles. The van der Waals surface area contributed by atoms with Crippen LogP contribution in [0.5, 0.6) is 0 Å². The summed E-state index contributed by atoms with van der Waals surface area (Å²) in [6.07, 6.45) is 2.89. The maximum atomic E-state index is 2.69. The van der Waals surface area contributed by atoms with Crippen LogP contribution in [0.15, 0.2) is 0 Å². The van der Waals surface area contributed by atoms with Crippen molar-refractivity contribution < 1.29 is 4.48 Å². The first-order valence-corrected chi connectivity index (χ1v) is 6.07. The minimum atomic E-state index is 0.415. The lowest BCUT2D eigenvalue weighted by atomic mass is 10.0. The second-order valence-electron chi connectivity index (χ2n) is 6.17. The smallest absolute Gasteiger partial charge is 0.136 e. The Morgan fingerprint density at radius 3 is 2.14 bits per heavy atom. The van der Waals surface area contributed by atoms with Crippen LogP contribution < -0.4 is 0 Å². The highest BCUT2D eigenvalue weighted by molar-refractivity contribution is 4.88. The summed E-state index contributed by atoms with van der Waals surface area (Å²) < 4.78 is 1.38. The van der Waals surface area contributed by atoms with E-state index >= 15 is 0 Å². The van der Waals surface area contributed by atoms with Crippen LogP contribution in [0.25, 0.3) is 0 Å².